The van der Waals surface area contributed by atoms with Crippen LogP contribution in [0.4, 0.5) is 5.69 Å². The Hall–Kier alpha value is -0.990. The minimum atomic E-state index is 0.654. The summed E-state index contributed by atoms with van der Waals surface area (Å²) in [7, 11) is 1.97. The zero-order chi connectivity index (χ0) is 12.1. The molecule has 1 fully saturated rings. The van der Waals surface area contributed by atoms with Crippen LogP contribution in [0.1, 0.15) is 51.9 Å². The van der Waals surface area contributed by atoms with E-state index in [2.05, 4.69) is 23.5 Å². The smallest absolute Gasteiger partial charge is 0.0728 e. The molecule has 0 radical (unpaired) electrons. The number of nitrogens with zero attached hydrogens (tertiary/aromatic N) is 2. The third-order valence-electron chi connectivity index (χ3n) is 3.86. The summed E-state index contributed by atoms with van der Waals surface area (Å²) in [5, 5.41) is 7.83. The molecule has 0 saturated heterocycles. The second-order valence-electron chi connectivity index (χ2n) is 5.41. The molecule has 1 aromatic heterocycles. The van der Waals surface area contributed by atoms with E-state index in [1.807, 2.05) is 17.9 Å². The normalized spacial score (nSPS) is 25.5. The quantitative estimate of drug-likeness (QED) is 0.808. The molecule has 2 rings (SSSR count). The topological polar surface area (TPSA) is 29.9 Å². The number of anilines is 1. The van der Waals surface area contributed by atoms with Crippen molar-refractivity contribution in [2.45, 2.75) is 57.9 Å². The molecular weight excluding hydrogens is 210 g/mol. The van der Waals surface area contributed by atoms with Gasteiger partial charge in [-0.25, -0.2) is 0 Å². The summed E-state index contributed by atoms with van der Waals surface area (Å²) in [6.45, 7) is 2.30. The summed E-state index contributed by atoms with van der Waals surface area (Å²) in [4.78, 5) is 0. The van der Waals surface area contributed by atoms with E-state index in [1.54, 1.807) is 0 Å². The Bertz CT molecular complexity index is 332. The fraction of sp³-hybridized carbons (Fsp3) is 0.786. The van der Waals surface area contributed by atoms with Gasteiger partial charge in [0.25, 0.3) is 0 Å². The van der Waals surface area contributed by atoms with E-state index in [0.717, 1.165) is 5.92 Å². The van der Waals surface area contributed by atoms with Crippen molar-refractivity contribution in [3.05, 3.63) is 12.4 Å². The van der Waals surface area contributed by atoms with Gasteiger partial charge in [0.2, 0.25) is 0 Å². The second kappa shape index (κ2) is 6.08. The van der Waals surface area contributed by atoms with Crippen LogP contribution >= 0.6 is 0 Å². The third-order valence-corrected chi connectivity index (χ3v) is 3.86. The molecule has 1 N–H and O–H groups in total. The van der Waals surface area contributed by atoms with Crippen LogP contribution in [0.3, 0.4) is 0 Å². The second-order valence-corrected chi connectivity index (χ2v) is 5.41. The van der Waals surface area contributed by atoms with E-state index in [0.29, 0.717) is 6.04 Å². The molecule has 0 aliphatic heterocycles. The van der Waals surface area contributed by atoms with Gasteiger partial charge in [-0.3, -0.25) is 4.68 Å². The summed E-state index contributed by atoms with van der Waals surface area (Å²) >= 11 is 0. The fourth-order valence-electron chi connectivity index (χ4n) is 2.95. The first-order chi connectivity index (χ1) is 8.28. The van der Waals surface area contributed by atoms with Crippen LogP contribution in [0, 0.1) is 5.92 Å². The van der Waals surface area contributed by atoms with E-state index < -0.39 is 0 Å². The lowest BCUT2D eigenvalue weighted by Crippen LogP contribution is -2.18. The zero-order valence-electron chi connectivity index (χ0n) is 11.2. The molecule has 1 aromatic rings. The molecule has 0 spiro atoms. The Morgan fingerprint density at radius 3 is 2.94 bits per heavy atom. The maximum atomic E-state index is 4.20. The number of aromatic nitrogens is 2. The monoisotopic (exact) mass is 235 g/mol. The van der Waals surface area contributed by atoms with Gasteiger partial charge in [0.15, 0.2) is 0 Å². The van der Waals surface area contributed by atoms with E-state index in [9.17, 15) is 0 Å². The Morgan fingerprint density at radius 2 is 2.24 bits per heavy atom. The van der Waals surface area contributed by atoms with Crippen molar-refractivity contribution in [1.82, 2.24) is 9.78 Å². The first-order valence-corrected chi connectivity index (χ1v) is 7.03. The SMILES string of the molecule is CCCC1CCCC(Nc2cnn(C)c2)CC1. The Kier molecular flexibility index (Phi) is 4.46. The lowest BCUT2D eigenvalue weighted by Gasteiger charge is -2.16. The number of hydrogen-bond acceptors (Lipinski definition) is 2. The molecule has 96 valence electrons. The molecule has 1 aliphatic carbocycles. The average molecular weight is 235 g/mol. The van der Waals surface area contributed by atoms with Crippen LogP contribution in [0.15, 0.2) is 12.4 Å². The predicted octanol–water partition coefficient (Wildman–Crippen LogP) is 3.58. The van der Waals surface area contributed by atoms with E-state index in [1.165, 1.54) is 50.6 Å². The number of rotatable bonds is 4. The number of nitrogens with one attached hydrogen (secondary N) is 1. The van der Waals surface area contributed by atoms with Crippen molar-refractivity contribution in [1.29, 1.82) is 0 Å². The fourth-order valence-corrected chi connectivity index (χ4v) is 2.95. The molecule has 2 unspecified atom stereocenters. The van der Waals surface area contributed by atoms with E-state index in [-0.39, 0.29) is 0 Å². The lowest BCUT2D eigenvalue weighted by atomic mass is 9.95. The van der Waals surface area contributed by atoms with Crippen LogP contribution in [-0.2, 0) is 7.05 Å². The van der Waals surface area contributed by atoms with Gasteiger partial charge in [-0.2, -0.15) is 5.10 Å². The largest absolute Gasteiger partial charge is 0.380 e. The summed E-state index contributed by atoms with van der Waals surface area (Å²) in [5.41, 5.74) is 1.17. The van der Waals surface area contributed by atoms with Gasteiger partial charge >= 0.3 is 0 Å². The molecule has 0 bridgehead atoms. The van der Waals surface area contributed by atoms with Gasteiger partial charge < -0.3 is 5.32 Å². The third kappa shape index (κ3) is 3.76. The highest BCUT2D eigenvalue weighted by Gasteiger charge is 2.18. The van der Waals surface area contributed by atoms with Crippen LogP contribution < -0.4 is 5.32 Å². The molecule has 0 amide bonds. The van der Waals surface area contributed by atoms with Crippen molar-refractivity contribution in [2.24, 2.45) is 13.0 Å². The lowest BCUT2D eigenvalue weighted by molar-refractivity contribution is 0.422. The van der Waals surface area contributed by atoms with Crippen LogP contribution in [0.25, 0.3) is 0 Å². The van der Waals surface area contributed by atoms with Crippen LogP contribution in [0.5, 0.6) is 0 Å². The minimum Gasteiger partial charge on any atom is -0.380 e. The summed E-state index contributed by atoms with van der Waals surface area (Å²) in [5.74, 6) is 0.973. The standard InChI is InChI=1S/C14H25N3/c1-3-5-12-6-4-7-13(9-8-12)16-14-10-15-17(2)11-14/h10-13,16H,3-9H2,1-2H3. The van der Waals surface area contributed by atoms with Gasteiger partial charge in [-0.15, -0.1) is 0 Å². The molecular formula is C14H25N3. The van der Waals surface area contributed by atoms with Gasteiger partial charge in [0, 0.05) is 19.3 Å². The Morgan fingerprint density at radius 1 is 1.35 bits per heavy atom. The van der Waals surface area contributed by atoms with Gasteiger partial charge in [-0.05, 0) is 25.2 Å². The van der Waals surface area contributed by atoms with Crippen molar-refractivity contribution in [3.63, 3.8) is 0 Å². The molecule has 1 heterocycles. The Balaban J connectivity index is 1.82. The van der Waals surface area contributed by atoms with Crippen molar-refractivity contribution in [2.75, 3.05) is 5.32 Å². The van der Waals surface area contributed by atoms with Crippen LogP contribution in [0.2, 0.25) is 0 Å². The summed E-state index contributed by atoms with van der Waals surface area (Å²) < 4.78 is 1.86. The molecule has 1 saturated carbocycles. The van der Waals surface area contributed by atoms with Crippen molar-refractivity contribution >= 4 is 5.69 Å². The first kappa shape index (κ1) is 12.5. The zero-order valence-corrected chi connectivity index (χ0v) is 11.2. The maximum Gasteiger partial charge on any atom is 0.0728 e. The average Bonchev–Trinajstić information content (AvgIpc) is 2.58. The highest BCUT2D eigenvalue weighted by molar-refractivity contribution is 5.39. The number of aryl methyl sites for hydroxylation is 1. The van der Waals surface area contributed by atoms with Crippen LogP contribution in [-0.4, -0.2) is 15.8 Å². The number of hydrogen-bond donors (Lipinski definition) is 1. The van der Waals surface area contributed by atoms with Gasteiger partial charge in [0.05, 0.1) is 11.9 Å². The van der Waals surface area contributed by atoms with E-state index in [4.69, 9.17) is 0 Å². The van der Waals surface area contributed by atoms with Gasteiger partial charge in [0.1, 0.15) is 0 Å². The molecule has 0 aromatic carbocycles. The van der Waals surface area contributed by atoms with Crippen molar-refractivity contribution in [3.8, 4) is 0 Å². The highest BCUT2D eigenvalue weighted by Crippen LogP contribution is 2.28. The molecule has 1 aliphatic rings. The minimum absolute atomic E-state index is 0.654. The van der Waals surface area contributed by atoms with E-state index >= 15 is 0 Å². The van der Waals surface area contributed by atoms with Gasteiger partial charge in [-0.1, -0.05) is 32.6 Å². The first-order valence-electron chi connectivity index (χ1n) is 7.03. The maximum absolute atomic E-state index is 4.20. The molecule has 17 heavy (non-hydrogen) atoms. The Labute approximate surface area is 105 Å². The summed E-state index contributed by atoms with van der Waals surface area (Å²) in [6.07, 6.45) is 13.6. The highest BCUT2D eigenvalue weighted by atomic mass is 15.3. The molecule has 3 nitrogen and oxygen atoms in total. The van der Waals surface area contributed by atoms with Crippen molar-refractivity contribution < 1.29 is 0 Å². The molecule has 3 heteroatoms. The summed E-state index contributed by atoms with van der Waals surface area (Å²) in [6, 6.07) is 0.654. The predicted molar refractivity (Wildman–Crippen MR) is 72.1 cm³/mol. The molecule has 2 atom stereocenters.